The lowest BCUT2D eigenvalue weighted by atomic mass is 9.82. The first-order valence-corrected chi connectivity index (χ1v) is 14.2. The largest absolute Gasteiger partial charge is 0.355 e. The molecule has 4 aromatic rings. The first-order valence-electron chi connectivity index (χ1n) is 12.7. The quantitative estimate of drug-likeness (QED) is 0.285. The Balaban J connectivity index is 1.19. The van der Waals surface area contributed by atoms with Crippen molar-refractivity contribution in [3.8, 4) is 11.3 Å². The van der Waals surface area contributed by atoms with E-state index in [1.165, 1.54) is 0 Å². The molecule has 0 spiro atoms. The molecule has 0 aliphatic heterocycles. The number of hydrogen-bond acceptors (Lipinski definition) is 3. The molecular weight excluding hydrogens is 482 g/mol. The van der Waals surface area contributed by atoms with Gasteiger partial charge in [-0.3, -0.25) is 4.79 Å². The molecule has 1 aromatic heterocycles. The second kappa shape index (κ2) is 10.7. The van der Waals surface area contributed by atoms with Crippen LogP contribution in [0.1, 0.15) is 44.2 Å². The van der Waals surface area contributed by atoms with Gasteiger partial charge in [0.25, 0.3) is 10.0 Å². The molecule has 0 bridgehead atoms. The molecule has 0 saturated heterocycles. The number of benzene rings is 3. The van der Waals surface area contributed by atoms with Crippen molar-refractivity contribution in [3.63, 3.8) is 0 Å². The lowest BCUT2D eigenvalue weighted by Gasteiger charge is -2.27. The maximum atomic E-state index is 13.0. The standard InChI is InChI=1S/C30H31N3O3S/c1-21(23-8-4-2-5-9-23)32-30(34)25-14-12-22(13-15-25)20-31-37(35,36)27-16-17-28-26(18-27)19-29(33-28)24-10-6-3-7-11-24/h2-11,16-22,25,33H,12-15H2,1H3,(H,32,34)/t21-,22?,25?/m1/s1. The maximum Gasteiger partial charge on any atom is 0.282 e. The lowest BCUT2D eigenvalue weighted by Crippen LogP contribution is -2.35. The van der Waals surface area contributed by atoms with E-state index in [4.69, 9.17) is 0 Å². The minimum Gasteiger partial charge on any atom is -0.355 e. The fourth-order valence-corrected chi connectivity index (χ4v) is 5.93. The van der Waals surface area contributed by atoms with Crippen molar-refractivity contribution in [2.75, 3.05) is 0 Å². The predicted molar refractivity (Wildman–Crippen MR) is 148 cm³/mol. The maximum absolute atomic E-state index is 13.0. The Morgan fingerprint density at radius 3 is 2.32 bits per heavy atom. The van der Waals surface area contributed by atoms with Crippen LogP contribution in [0.4, 0.5) is 0 Å². The first kappa shape index (κ1) is 25.0. The smallest absolute Gasteiger partial charge is 0.282 e. The van der Waals surface area contributed by atoms with Gasteiger partial charge in [0, 0.05) is 28.7 Å². The Hall–Kier alpha value is -3.71. The molecule has 1 saturated carbocycles. The molecule has 1 fully saturated rings. The van der Waals surface area contributed by atoms with E-state index in [0.717, 1.165) is 53.4 Å². The number of nitrogens with one attached hydrogen (secondary N) is 2. The molecule has 1 atom stereocenters. The highest BCUT2D eigenvalue weighted by Gasteiger charge is 2.27. The normalized spacial score (nSPS) is 19.2. The number of H-pyrrole nitrogens is 1. The zero-order valence-electron chi connectivity index (χ0n) is 20.8. The number of nitrogens with zero attached hydrogens (tertiary/aromatic N) is 1. The molecule has 6 nitrogen and oxygen atoms in total. The summed E-state index contributed by atoms with van der Waals surface area (Å²) in [5.74, 6) is 0.0577. The number of hydrogen-bond donors (Lipinski definition) is 2. The molecular formula is C30H31N3O3S. The Morgan fingerprint density at radius 2 is 1.62 bits per heavy atom. The molecule has 0 radical (unpaired) electrons. The summed E-state index contributed by atoms with van der Waals surface area (Å²) in [7, 11) is -3.81. The van der Waals surface area contributed by atoms with E-state index in [0.29, 0.717) is 0 Å². The predicted octanol–water partition coefficient (Wildman–Crippen LogP) is 6.28. The van der Waals surface area contributed by atoms with E-state index in [1.54, 1.807) is 24.4 Å². The lowest BCUT2D eigenvalue weighted by molar-refractivity contribution is -0.126. The number of carbonyl (C=O) groups excluding carboxylic acids is 1. The van der Waals surface area contributed by atoms with Crippen molar-refractivity contribution in [1.82, 2.24) is 10.3 Å². The zero-order valence-corrected chi connectivity index (χ0v) is 21.6. The van der Waals surface area contributed by atoms with E-state index >= 15 is 0 Å². The van der Waals surface area contributed by atoms with Crippen LogP contribution in [0, 0.1) is 11.8 Å². The van der Waals surface area contributed by atoms with Crippen molar-refractivity contribution in [3.05, 3.63) is 90.5 Å². The monoisotopic (exact) mass is 513 g/mol. The van der Waals surface area contributed by atoms with Crippen LogP contribution in [0.5, 0.6) is 0 Å². The third-order valence-electron chi connectivity index (χ3n) is 7.19. The van der Waals surface area contributed by atoms with Gasteiger partial charge in [-0.05, 0) is 73.9 Å². The van der Waals surface area contributed by atoms with Gasteiger partial charge in [-0.1, -0.05) is 60.7 Å². The van der Waals surface area contributed by atoms with Gasteiger partial charge >= 0.3 is 0 Å². The SMILES string of the molecule is C[C@@H](NC(=O)C1CCC(C=NS(=O)(=O)c2ccc3[nH]c(-c4ccccc4)cc3c2)CC1)c1ccccc1. The molecule has 1 aliphatic rings. The average Bonchev–Trinajstić information content (AvgIpc) is 3.37. The van der Waals surface area contributed by atoms with Gasteiger partial charge in [-0.2, -0.15) is 12.8 Å². The zero-order chi connectivity index (χ0) is 25.8. The number of carbonyl (C=O) groups is 1. The molecule has 5 rings (SSSR count). The summed E-state index contributed by atoms with van der Waals surface area (Å²) in [5, 5.41) is 3.94. The molecule has 1 amide bonds. The van der Waals surface area contributed by atoms with E-state index in [9.17, 15) is 13.2 Å². The number of fused-ring (bicyclic) bond motifs is 1. The van der Waals surface area contributed by atoms with Crippen LogP contribution in [-0.4, -0.2) is 25.5 Å². The van der Waals surface area contributed by atoms with Crippen molar-refractivity contribution in [2.45, 2.75) is 43.5 Å². The van der Waals surface area contributed by atoms with Gasteiger partial charge in [-0.25, -0.2) is 0 Å². The van der Waals surface area contributed by atoms with Gasteiger partial charge in [-0.15, -0.1) is 0 Å². The van der Waals surface area contributed by atoms with Crippen LogP contribution < -0.4 is 5.32 Å². The van der Waals surface area contributed by atoms with Gasteiger partial charge in [0.2, 0.25) is 5.91 Å². The summed E-state index contributed by atoms with van der Waals surface area (Å²) < 4.78 is 29.9. The topological polar surface area (TPSA) is 91.4 Å². The van der Waals surface area contributed by atoms with E-state index in [-0.39, 0.29) is 28.7 Å². The minimum absolute atomic E-state index is 0.0423. The van der Waals surface area contributed by atoms with Crippen LogP contribution >= 0.6 is 0 Å². The minimum atomic E-state index is -3.81. The number of aromatic amines is 1. The number of rotatable bonds is 7. The van der Waals surface area contributed by atoms with Crippen molar-refractivity contribution < 1.29 is 13.2 Å². The van der Waals surface area contributed by atoms with Crippen molar-refractivity contribution in [2.24, 2.45) is 16.2 Å². The fourth-order valence-electron chi connectivity index (χ4n) is 4.96. The first-order chi connectivity index (χ1) is 17.9. The molecule has 3 aromatic carbocycles. The summed E-state index contributed by atoms with van der Waals surface area (Å²) in [4.78, 5) is 16.3. The molecule has 1 heterocycles. The molecule has 1 aliphatic carbocycles. The van der Waals surface area contributed by atoms with Crippen LogP contribution in [0.2, 0.25) is 0 Å². The molecule has 0 unspecified atom stereocenters. The van der Waals surface area contributed by atoms with Crippen LogP contribution in [0.3, 0.4) is 0 Å². The van der Waals surface area contributed by atoms with Gasteiger partial charge < -0.3 is 10.3 Å². The van der Waals surface area contributed by atoms with Gasteiger partial charge in [0.1, 0.15) is 0 Å². The highest BCUT2D eigenvalue weighted by molar-refractivity contribution is 7.90. The van der Waals surface area contributed by atoms with Crippen molar-refractivity contribution in [1.29, 1.82) is 0 Å². The molecule has 2 N–H and O–H groups in total. The number of aromatic nitrogens is 1. The van der Waals surface area contributed by atoms with Crippen LogP contribution in [0.15, 0.2) is 94.2 Å². The third kappa shape index (κ3) is 5.83. The van der Waals surface area contributed by atoms with E-state index < -0.39 is 10.0 Å². The fraction of sp³-hybridized carbons (Fsp3) is 0.267. The molecule has 37 heavy (non-hydrogen) atoms. The Morgan fingerprint density at radius 1 is 0.946 bits per heavy atom. The summed E-state index contributed by atoms with van der Waals surface area (Å²) in [6.07, 6.45) is 4.50. The average molecular weight is 514 g/mol. The van der Waals surface area contributed by atoms with E-state index in [2.05, 4.69) is 14.7 Å². The molecule has 7 heteroatoms. The third-order valence-corrected chi connectivity index (χ3v) is 8.44. The highest BCUT2D eigenvalue weighted by Crippen LogP contribution is 2.30. The van der Waals surface area contributed by atoms with Gasteiger partial charge in [0.15, 0.2) is 0 Å². The second-order valence-corrected chi connectivity index (χ2v) is 11.4. The second-order valence-electron chi connectivity index (χ2n) is 9.78. The number of amides is 1. The Kier molecular flexibility index (Phi) is 7.24. The Labute approximate surface area is 217 Å². The van der Waals surface area contributed by atoms with Crippen molar-refractivity contribution >= 4 is 33.0 Å². The molecule has 190 valence electrons. The van der Waals surface area contributed by atoms with E-state index in [1.807, 2.05) is 73.7 Å². The summed E-state index contributed by atoms with van der Waals surface area (Å²) in [6.45, 7) is 1.99. The summed E-state index contributed by atoms with van der Waals surface area (Å²) >= 11 is 0. The highest BCUT2D eigenvalue weighted by atomic mass is 32.2. The van der Waals surface area contributed by atoms with Crippen LogP contribution in [-0.2, 0) is 14.8 Å². The Bertz CT molecular complexity index is 1500. The summed E-state index contributed by atoms with van der Waals surface area (Å²) in [5.41, 5.74) is 3.93. The van der Waals surface area contributed by atoms with Crippen LogP contribution in [0.25, 0.3) is 22.2 Å². The summed E-state index contributed by atoms with van der Waals surface area (Å²) in [6, 6.07) is 26.8. The number of sulfonamides is 1. The van der Waals surface area contributed by atoms with Gasteiger partial charge in [0.05, 0.1) is 10.9 Å².